The van der Waals surface area contributed by atoms with Gasteiger partial charge in [-0.05, 0) is 40.8 Å². The number of halogens is 3. The zero-order valence-electron chi connectivity index (χ0n) is 18.9. The van der Waals surface area contributed by atoms with Gasteiger partial charge in [-0.3, -0.25) is 10.2 Å². The fourth-order valence-electron chi connectivity index (χ4n) is 3.59. The number of anilines is 1. The van der Waals surface area contributed by atoms with Gasteiger partial charge in [0.1, 0.15) is 5.75 Å². The lowest BCUT2D eigenvalue weighted by Gasteiger charge is -2.37. The SMILES string of the molecule is CC(C)(C)c1ccc(NC(=O)OC2(O)CCN(Cc3ccc(OC(F)(F)F)cc3)CC2)cc1. The van der Waals surface area contributed by atoms with Crippen LogP contribution in [-0.2, 0) is 16.7 Å². The second kappa shape index (κ2) is 9.61. The van der Waals surface area contributed by atoms with Gasteiger partial charge in [-0.15, -0.1) is 13.2 Å². The van der Waals surface area contributed by atoms with Crippen molar-refractivity contribution in [1.82, 2.24) is 4.90 Å². The van der Waals surface area contributed by atoms with Crippen LogP contribution in [0.4, 0.5) is 23.7 Å². The Morgan fingerprint density at radius 1 is 1.03 bits per heavy atom. The Balaban J connectivity index is 1.46. The Hall–Kier alpha value is -2.78. The van der Waals surface area contributed by atoms with Gasteiger partial charge in [-0.25, -0.2) is 4.79 Å². The van der Waals surface area contributed by atoms with Gasteiger partial charge >= 0.3 is 12.5 Å². The molecule has 0 spiro atoms. The molecule has 2 aromatic rings. The number of alkyl halides is 3. The maximum Gasteiger partial charge on any atom is 0.573 e. The van der Waals surface area contributed by atoms with Crippen molar-refractivity contribution < 1.29 is 32.5 Å². The molecule has 6 nitrogen and oxygen atoms in total. The zero-order chi connectivity index (χ0) is 24.3. The summed E-state index contributed by atoms with van der Waals surface area (Å²) < 4.78 is 46.0. The summed E-state index contributed by atoms with van der Waals surface area (Å²) in [6, 6.07) is 13.1. The predicted molar refractivity (Wildman–Crippen MR) is 118 cm³/mol. The van der Waals surface area contributed by atoms with Gasteiger partial charge in [0.05, 0.1) is 0 Å². The molecule has 3 rings (SSSR count). The van der Waals surface area contributed by atoms with Crippen LogP contribution in [0.25, 0.3) is 0 Å². The second-order valence-corrected chi connectivity index (χ2v) is 9.26. The highest BCUT2D eigenvalue weighted by Crippen LogP contribution is 2.28. The molecule has 0 saturated carbocycles. The van der Waals surface area contributed by atoms with E-state index in [1.54, 1.807) is 24.3 Å². The number of ether oxygens (including phenoxy) is 2. The van der Waals surface area contributed by atoms with Crippen molar-refractivity contribution in [3.05, 3.63) is 59.7 Å². The van der Waals surface area contributed by atoms with Gasteiger partial charge in [-0.2, -0.15) is 0 Å². The van der Waals surface area contributed by atoms with E-state index >= 15 is 0 Å². The normalized spacial score (nSPS) is 16.8. The topological polar surface area (TPSA) is 71.0 Å². The number of piperidine rings is 1. The van der Waals surface area contributed by atoms with Crippen molar-refractivity contribution in [3.8, 4) is 5.75 Å². The van der Waals surface area contributed by atoms with E-state index in [0.29, 0.717) is 25.3 Å². The molecule has 0 unspecified atom stereocenters. The summed E-state index contributed by atoms with van der Waals surface area (Å²) in [7, 11) is 0. The maximum atomic E-state index is 12.3. The number of likely N-dealkylation sites (tertiary alicyclic amines) is 1. The molecule has 33 heavy (non-hydrogen) atoms. The molecule has 1 fully saturated rings. The fourth-order valence-corrected chi connectivity index (χ4v) is 3.59. The number of carbonyl (C=O) groups excluding carboxylic acids is 1. The standard InChI is InChI=1S/C24H29F3N2O4/c1-22(2,3)18-6-8-19(9-7-18)28-21(30)33-23(31)12-14-29(15-13-23)16-17-4-10-20(11-5-17)32-24(25,26)27/h4-11,31H,12-16H2,1-3H3,(H,28,30). The molecule has 180 valence electrons. The minimum atomic E-state index is -4.72. The highest BCUT2D eigenvalue weighted by molar-refractivity contribution is 5.84. The molecule has 0 aliphatic carbocycles. The van der Waals surface area contributed by atoms with E-state index in [1.807, 2.05) is 17.0 Å². The Morgan fingerprint density at radius 3 is 2.12 bits per heavy atom. The first-order valence-electron chi connectivity index (χ1n) is 10.7. The predicted octanol–water partition coefficient (Wildman–Crippen LogP) is 5.42. The van der Waals surface area contributed by atoms with Crippen molar-refractivity contribution in [2.45, 2.75) is 57.7 Å². The summed E-state index contributed by atoms with van der Waals surface area (Å²) in [5.74, 6) is -1.84. The van der Waals surface area contributed by atoms with Gasteiger partial charge in [0.2, 0.25) is 5.79 Å². The molecule has 1 aliphatic heterocycles. The van der Waals surface area contributed by atoms with E-state index in [1.165, 1.54) is 12.1 Å². The van der Waals surface area contributed by atoms with E-state index in [2.05, 4.69) is 30.8 Å². The number of hydrogen-bond acceptors (Lipinski definition) is 5. The zero-order valence-corrected chi connectivity index (χ0v) is 18.9. The molecular weight excluding hydrogens is 437 g/mol. The molecule has 1 heterocycles. The summed E-state index contributed by atoms with van der Waals surface area (Å²) in [4.78, 5) is 14.3. The van der Waals surface area contributed by atoms with Crippen LogP contribution in [0.5, 0.6) is 5.75 Å². The van der Waals surface area contributed by atoms with Crippen LogP contribution in [0.15, 0.2) is 48.5 Å². The van der Waals surface area contributed by atoms with E-state index in [0.717, 1.165) is 11.1 Å². The lowest BCUT2D eigenvalue weighted by molar-refractivity contribution is -0.274. The van der Waals surface area contributed by atoms with Crippen molar-refractivity contribution in [2.24, 2.45) is 0 Å². The number of hydrogen-bond donors (Lipinski definition) is 2. The van der Waals surface area contributed by atoms with Crippen LogP contribution in [-0.4, -0.2) is 41.3 Å². The van der Waals surface area contributed by atoms with Gasteiger partial charge in [0.25, 0.3) is 0 Å². The Labute approximate surface area is 191 Å². The number of amides is 1. The third kappa shape index (κ3) is 7.64. The first kappa shape index (κ1) is 24.9. The number of rotatable bonds is 5. The van der Waals surface area contributed by atoms with Gasteiger partial charge in [-0.1, -0.05) is 45.0 Å². The molecule has 1 amide bonds. The second-order valence-electron chi connectivity index (χ2n) is 9.26. The number of aliphatic hydroxyl groups is 1. The molecular formula is C24H29F3N2O4. The van der Waals surface area contributed by atoms with Gasteiger partial charge in [0.15, 0.2) is 0 Å². The summed E-state index contributed by atoms with van der Waals surface area (Å²) >= 11 is 0. The largest absolute Gasteiger partial charge is 0.573 e. The van der Waals surface area contributed by atoms with Crippen LogP contribution >= 0.6 is 0 Å². The molecule has 0 aromatic heterocycles. The van der Waals surface area contributed by atoms with Crippen molar-refractivity contribution in [2.75, 3.05) is 18.4 Å². The summed E-state index contributed by atoms with van der Waals surface area (Å²) in [6.45, 7) is 7.72. The Kier molecular flexibility index (Phi) is 7.23. The average Bonchev–Trinajstić information content (AvgIpc) is 2.70. The van der Waals surface area contributed by atoms with Crippen molar-refractivity contribution in [3.63, 3.8) is 0 Å². The van der Waals surface area contributed by atoms with Crippen LogP contribution in [0.1, 0.15) is 44.7 Å². The number of nitrogens with zero attached hydrogens (tertiary/aromatic N) is 1. The highest BCUT2D eigenvalue weighted by Gasteiger charge is 2.36. The molecule has 2 aromatic carbocycles. The summed E-state index contributed by atoms with van der Waals surface area (Å²) in [5, 5.41) is 13.3. The first-order valence-corrected chi connectivity index (χ1v) is 10.7. The third-order valence-corrected chi connectivity index (χ3v) is 5.48. The van der Waals surface area contributed by atoms with Crippen LogP contribution < -0.4 is 10.1 Å². The molecule has 1 aliphatic rings. The van der Waals surface area contributed by atoms with E-state index in [-0.39, 0.29) is 24.0 Å². The Morgan fingerprint density at radius 2 is 1.61 bits per heavy atom. The molecule has 9 heteroatoms. The quantitative estimate of drug-likeness (QED) is 0.576. The molecule has 2 N–H and O–H groups in total. The fraction of sp³-hybridized carbons (Fsp3) is 0.458. The van der Waals surface area contributed by atoms with Crippen LogP contribution in [0.2, 0.25) is 0 Å². The van der Waals surface area contributed by atoms with Gasteiger partial charge < -0.3 is 14.6 Å². The highest BCUT2D eigenvalue weighted by atomic mass is 19.4. The molecule has 0 bridgehead atoms. The van der Waals surface area contributed by atoms with E-state index in [4.69, 9.17) is 4.74 Å². The lowest BCUT2D eigenvalue weighted by atomic mass is 9.87. The third-order valence-electron chi connectivity index (χ3n) is 5.48. The first-order chi connectivity index (χ1) is 15.3. The summed E-state index contributed by atoms with van der Waals surface area (Å²) in [6.07, 6.45) is -5.01. The lowest BCUT2D eigenvalue weighted by Crippen LogP contribution is -2.47. The van der Waals surface area contributed by atoms with Crippen LogP contribution in [0.3, 0.4) is 0 Å². The van der Waals surface area contributed by atoms with E-state index in [9.17, 15) is 23.1 Å². The van der Waals surface area contributed by atoms with Crippen molar-refractivity contribution >= 4 is 11.8 Å². The number of nitrogens with one attached hydrogen (secondary N) is 1. The number of carbonyl (C=O) groups is 1. The minimum absolute atomic E-state index is 0.00104. The summed E-state index contributed by atoms with van der Waals surface area (Å²) in [5.41, 5.74) is 2.52. The number of benzene rings is 2. The van der Waals surface area contributed by atoms with Crippen LogP contribution in [0, 0.1) is 0 Å². The maximum absolute atomic E-state index is 12.3. The molecule has 1 saturated heterocycles. The smallest absolute Gasteiger partial charge is 0.417 e. The minimum Gasteiger partial charge on any atom is -0.417 e. The van der Waals surface area contributed by atoms with E-state index < -0.39 is 18.2 Å². The van der Waals surface area contributed by atoms with Crippen molar-refractivity contribution in [1.29, 1.82) is 0 Å². The molecule has 0 atom stereocenters. The molecule has 0 radical (unpaired) electrons. The monoisotopic (exact) mass is 466 g/mol. The van der Waals surface area contributed by atoms with Gasteiger partial charge in [0, 0.05) is 38.2 Å². The average molecular weight is 467 g/mol. The Bertz CT molecular complexity index is 930.